The Morgan fingerprint density at radius 3 is 1.97 bits per heavy atom. The molecule has 1 unspecified atom stereocenters. The van der Waals surface area contributed by atoms with Crippen molar-refractivity contribution in [1.29, 1.82) is 5.26 Å². The summed E-state index contributed by atoms with van der Waals surface area (Å²) in [5.74, 6) is 8.22. The topological polar surface area (TPSA) is 23.8 Å². The van der Waals surface area contributed by atoms with Crippen molar-refractivity contribution in [2.45, 2.75) is 75.5 Å². The largest absolute Gasteiger partial charge is 0.206 e. The van der Waals surface area contributed by atoms with E-state index in [0.29, 0.717) is 17.3 Å². The molecule has 0 aliphatic heterocycles. The van der Waals surface area contributed by atoms with Crippen LogP contribution in [0.15, 0.2) is 28.7 Å². The third kappa shape index (κ3) is 5.09. The second-order valence-corrected chi connectivity index (χ2v) is 9.99. The van der Waals surface area contributed by atoms with Gasteiger partial charge in [-0.1, -0.05) is 43.6 Å². The molecule has 0 spiro atoms. The zero-order valence-electron chi connectivity index (χ0n) is 17.4. The highest BCUT2D eigenvalue weighted by Crippen LogP contribution is 2.44. The summed E-state index contributed by atoms with van der Waals surface area (Å²) in [7, 11) is 0. The first kappa shape index (κ1) is 21.5. The molecule has 0 N–H and O–H groups in total. The van der Waals surface area contributed by atoms with Crippen molar-refractivity contribution in [2.75, 3.05) is 0 Å². The molecule has 4 heteroatoms. The van der Waals surface area contributed by atoms with Crippen molar-refractivity contribution in [2.24, 2.45) is 23.7 Å². The fraction of sp³-hybridized carbons (Fsp3) is 0.577. The van der Waals surface area contributed by atoms with Crippen LogP contribution in [0.1, 0.15) is 76.2 Å². The van der Waals surface area contributed by atoms with Gasteiger partial charge in [0.25, 0.3) is 0 Å². The van der Waals surface area contributed by atoms with Crippen LogP contribution in [0.5, 0.6) is 0 Å². The quantitative estimate of drug-likeness (QED) is 0.283. The van der Waals surface area contributed by atoms with Gasteiger partial charge in [0, 0.05) is 5.56 Å². The number of benzene rings is 1. The van der Waals surface area contributed by atoms with E-state index in [1.807, 2.05) is 0 Å². The summed E-state index contributed by atoms with van der Waals surface area (Å²) in [5.41, 5.74) is 1.41. The average molecular weight is 426 g/mol. The number of thioether (sulfide) groups is 1. The SMILES string of the molecule is N#CSc1c(F)cc(C#CC2=CCC(C3CCC(C4CCCC4)CC3)CC2)cc1F. The van der Waals surface area contributed by atoms with Crippen LogP contribution < -0.4 is 0 Å². The fourth-order valence-electron chi connectivity index (χ4n) is 5.84. The van der Waals surface area contributed by atoms with Gasteiger partial charge in [-0.25, -0.2) is 8.78 Å². The second kappa shape index (κ2) is 10.0. The Hall–Kier alpha value is -1.78. The lowest BCUT2D eigenvalue weighted by atomic mass is 9.69. The van der Waals surface area contributed by atoms with E-state index in [1.54, 1.807) is 5.40 Å². The van der Waals surface area contributed by atoms with Gasteiger partial charge in [-0.05, 0) is 98.1 Å². The lowest BCUT2D eigenvalue weighted by molar-refractivity contribution is 0.157. The number of allylic oxidation sites excluding steroid dienone is 2. The highest BCUT2D eigenvalue weighted by Gasteiger charge is 2.32. The van der Waals surface area contributed by atoms with Gasteiger partial charge >= 0.3 is 0 Å². The van der Waals surface area contributed by atoms with Crippen LogP contribution >= 0.6 is 11.8 Å². The molecule has 3 aliphatic rings. The minimum absolute atomic E-state index is 0.259. The molecule has 0 heterocycles. The lowest BCUT2D eigenvalue weighted by Crippen LogP contribution is -2.25. The van der Waals surface area contributed by atoms with Gasteiger partial charge in [0.1, 0.15) is 17.0 Å². The number of hydrogen-bond donors (Lipinski definition) is 0. The number of rotatable bonds is 3. The van der Waals surface area contributed by atoms with Gasteiger partial charge in [-0.15, -0.1) is 0 Å². The highest BCUT2D eigenvalue weighted by atomic mass is 32.2. The zero-order chi connectivity index (χ0) is 20.9. The molecule has 1 nitrogen and oxygen atoms in total. The first-order chi connectivity index (χ1) is 14.6. The minimum Gasteiger partial charge on any atom is -0.206 e. The molecule has 1 aromatic rings. The normalized spacial score (nSPS) is 27.1. The average Bonchev–Trinajstić information content (AvgIpc) is 3.30. The van der Waals surface area contributed by atoms with Crippen LogP contribution in [0.25, 0.3) is 0 Å². The third-order valence-corrected chi connectivity index (χ3v) is 8.20. The molecule has 4 rings (SSSR count). The first-order valence-corrected chi connectivity index (χ1v) is 12.2. The van der Waals surface area contributed by atoms with Crippen LogP contribution in [0, 0.1) is 57.8 Å². The van der Waals surface area contributed by atoms with Crippen molar-refractivity contribution >= 4 is 11.8 Å². The van der Waals surface area contributed by atoms with Gasteiger partial charge in [0.05, 0.1) is 4.90 Å². The monoisotopic (exact) mass is 425 g/mol. The second-order valence-electron chi connectivity index (χ2n) is 9.20. The van der Waals surface area contributed by atoms with Gasteiger partial charge in [0.2, 0.25) is 0 Å². The third-order valence-electron chi connectivity index (χ3n) is 7.51. The van der Waals surface area contributed by atoms with Crippen molar-refractivity contribution < 1.29 is 8.78 Å². The van der Waals surface area contributed by atoms with Crippen molar-refractivity contribution in [3.05, 3.63) is 41.0 Å². The van der Waals surface area contributed by atoms with Gasteiger partial charge < -0.3 is 0 Å². The molecule has 1 atom stereocenters. The van der Waals surface area contributed by atoms with Crippen molar-refractivity contribution in [3.8, 4) is 17.2 Å². The molecular weight excluding hydrogens is 396 g/mol. The lowest BCUT2D eigenvalue weighted by Gasteiger charge is -2.37. The van der Waals surface area contributed by atoms with E-state index in [0.717, 1.165) is 42.1 Å². The van der Waals surface area contributed by atoms with Gasteiger partial charge in [-0.2, -0.15) is 5.26 Å². The predicted molar refractivity (Wildman–Crippen MR) is 118 cm³/mol. The maximum absolute atomic E-state index is 14.0. The Bertz CT molecular complexity index is 867. The van der Waals surface area contributed by atoms with Crippen LogP contribution in [-0.4, -0.2) is 0 Å². The molecular formula is C26H29F2NS. The van der Waals surface area contributed by atoms with Crippen LogP contribution in [0.4, 0.5) is 8.78 Å². The summed E-state index contributed by atoms with van der Waals surface area (Å²) < 4.78 is 27.9. The molecule has 0 amide bonds. The first-order valence-electron chi connectivity index (χ1n) is 11.4. The summed E-state index contributed by atoms with van der Waals surface area (Å²) >= 11 is 0.500. The molecule has 2 saturated carbocycles. The summed E-state index contributed by atoms with van der Waals surface area (Å²) in [6.07, 6.45) is 17.0. The van der Waals surface area contributed by atoms with Crippen LogP contribution in [0.2, 0.25) is 0 Å². The Balaban J connectivity index is 1.31. The zero-order valence-corrected chi connectivity index (χ0v) is 18.2. The van der Waals surface area contributed by atoms with E-state index in [9.17, 15) is 8.78 Å². The maximum Gasteiger partial charge on any atom is 0.142 e. The number of nitrogens with zero attached hydrogens (tertiary/aromatic N) is 1. The van der Waals surface area contributed by atoms with E-state index >= 15 is 0 Å². The van der Waals surface area contributed by atoms with E-state index in [-0.39, 0.29) is 4.90 Å². The number of nitriles is 1. The van der Waals surface area contributed by atoms with Gasteiger partial charge in [0.15, 0.2) is 0 Å². The molecule has 2 fully saturated rings. The van der Waals surface area contributed by atoms with Crippen LogP contribution in [-0.2, 0) is 0 Å². The predicted octanol–water partition coefficient (Wildman–Crippen LogP) is 7.61. The number of halogens is 2. The Labute approximate surface area is 183 Å². The fourth-order valence-corrected chi connectivity index (χ4v) is 6.24. The summed E-state index contributed by atoms with van der Waals surface area (Å²) in [6, 6.07) is 2.43. The van der Waals surface area contributed by atoms with Crippen molar-refractivity contribution in [1.82, 2.24) is 0 Å². The molecule has 0 saturated heterocycles. The summed E-state index contributed by atoms with van der Waals surface area (Å²) in [5, 5.41) is 10.3. The Morgan fingerprint density at radius 1 is 0.800 bits per heavy atom. The van der Waals surface area contributed by atoms with E-state index < -0.39 is 11.6 Å². The molecule has 3 aliphatic carbocycles. The van der Waals surface area contributed by atoms with Crippen molar-refractivity contribution in [3.63, 3.8) is 0 Å². The molecule has 0 bridgehead atoms. The Kier molecular flexibility index (Phi) is 7.16. The number of thiocyanates is 1. The molecule has 0 aromatic heterocycles. The highest BCUT2D eigenvalue weighted by molar-refractivity contribution is 8.03. The maximum atomic E-state index is 14.0. The summed E-state index contributed by atoms with van der Waals surface area (Å²) in [6.45, 7) is 0. The minimum atomic E-state index is -0.725. The Morgan fingerprint density at radius 2 is 1.40 bits per heavy atom. The van der Waals surface area contributed by atoms with E-state index in [4.69, 9.17) is 5.26 Å². The smallest absolute Gasteiger partial charge is 0.142 e. The number of hydrogen-bond acceptors (Lipinski definition) is 2. The van der Waals surface area contributed by atoms with E-state index in [1.165, 1.54) is 69.9 Å². The standard InChI is InChI=1S/C26H29F2NS/c27-24-15-19(16-25(28)26(24)30-17-29)6-5-18-7-9-21(10-8-18)23-13-11-22(12-14-23)20-3-1-2-4-20/h7,15-16,20-23H,1-4,8-14H2. The summed E-state index contributed by atoms with van der Waals surface area (Å²) in [4.78, 5) is -0.259. The molecule has 0 radical (unpaired) electrons. The van der Waals surface area contributed by atoms with Gasteiger partial charge in [-0.3, -0.25) is 0 Å². The molecule has 158 valence electrons. The molecule has 30 heavy (non-hydrogen) atoms. The molecule has 1 aromatic carbocycles. The van der Waals surface area contributed by atoms with E-state index in [2.05, 4.69) is 17.9 Å². The van der Waals surface area contributed by atoms with Crippen LogP contribution in [0.3, 0.4) is 0 Å².